The number of nitrogens with one attached hydrogen (secondary N) is 1. The van der Waals surface area contributed by atoms with Crippen LogP contribution in [0.4, 0.5) is 10.1 Å². The predicted molar refractivity (Wildman–Crippen MR) is 154 cm³/mol. The first-order valence-electron chi connectivity index (χ1n) is 14.2. The van der Waals surface area contributed by atoms with Crippen LogP contribution in [-0.4, -0.2) is 64.6 Å². The second-order valence-corrected chi connectivity index (χ2v) is 11.1. The van der Waals surface area contributed by atoms with E-state index < -0.39 is 17.2 Å². The van der Waals surface area contributed by atoms with Gasteiger partial charge in [0, 0.05) is 56.4 Å². The van der Waals surface area contributed by atoms with E-state index in [1.165, 1.54) is 6.07 Å². The van der Waals surface area contributed by atoms with Crippen molar-refractivity contribution in [3.63, 3.8) is 0 Å². The highest BCUT2D eigenvalue weighted by molar-refractivity contribution is 6.01. The molecule has 10 heteroatoms. The third-order valence-electron chi connectivity index (χ3n) is 8.69. The molecule has 1 unspecified atom stereocenters. The largest absolute Gasteiger partial charge is 0.451 e. The molecule has 210 valence electrons. The van der Waals surface area contributed by atoms with Crippen molar-refractivity contribution in [2.45, 2.75) is 37.6 Å². The summed E-state index contributed by atoms with van der Waals surface area (Å²) in [6.07, 6.45) is 10.5. The van der Waals surface area contributed by atoms with Crippen LogP contribution >= 0.6 is 0 Å². The lowest BCUT2D eigenvalue weighted by molar-refractivity contribution is 0.0949. The Bertz CT molecular complexity index is 1710. The normalized spacial score (nSPS) is 19.8. The molecule has 2 aromatic heterocycles. The Kier molecular flexibility index (Phi) is 6.42. The summed E-state index contributed by atoms with van der Waals surface area (Å²) in [5.74, 6) is -0.108. The summed E-state index contributed by atoms with van der Waals surface area (Å²) in [5.41, 5.74) is 1.78. The van der Waals surface area contributed by atoms with E-state index in [1.54, 1.807) is 35.4 Å². The Balaban J connectivity index is 1.28. The number of rotatable bonds is 6. The van der Waals surface area contributed by atoms with Crippen LogP contribution in [-0.2, 0) is 0 Å². The Labute approximate surface area is 236 Å². The topological polar surface area (TPSA) is 92.6 Å². The van der Waals surface area contributed by atoms with Gasteiger partial charge in [0.05, 0.1) is 16.8 Å². The van der Waals surface area contributed by atoms with Crippen LogP contribution in [0.1, 0.15) is 47.7 Å². The summed E-state index contributed by atoms with van der Waals surface area (Å²) in [7, 11) is 2.10. The third kappa shape index (κ3) is 4.42. The van der Waals surface area contributed by atoms with E-state index in [1.807, 2.05) is 23.1 Å². The van der Waals surface area contributed by atoms with Gasteiger partial charge in [0.2, 0.25) is 5.43 Å². The maximum Gasteiger partial charge on any atom is 0.256 e. The van der Waals surface area contributed by atoms with E-state index in [2.05, 4.69) is 27.2 Å². The van der Waals surface area contributed by atoms with Crippen molar-refractivity contribution in [3.8, 4) is 17.2 Å². The first kappa shape index (κ1) is 25.6. The molecule has 2 aromatic carbocycles. The number of anilines is 1. The van der Waals surface area contributed by atoms with Crippen molar-refractivity contribution in [1.82, 2.24) is 24.8 Å². The van der Waals surface area contributed by atoms with Crippen LogP contribution in [0.25, 0.3) is 16.6 Å². The van der Waals surface area contributed by atoms with Gasteiger partial charge in [0.1, 0.15) is 16.8 Å². The molecule has 1 amide bonds. The zero-order chi connectivity index (χ0) is 28.1. The molecular weight excluding hydrogens is 523 g/mol. The Morgan fingerprint density at radius 2 is 2.07 bits per heavy atom. The predicted octanol–water partition coefficient (Wildman–Crippen LogP) is 4.23. The van der Waals surface area contributed by atoms with Crippen LogP contribution in [0.2, 0.25) is 0 Å². The molecule has 1 N–H and O–H groups in total. The number of nitrogens with zero attached hydrogens (tertiary/aromatic N) is 5. The van der Waals surface area contributed by atoms with Gasteiger partial charge in [-0.15, -0.1) is 0 Å². The number of carbonyl (C=O) groups is 1. The monoisotopic (exact) mass is 554 g/mol. The molecular formula is C31H31FN6O3. The van der Waals surface area contributed by atoms with E-state index in [0.29, 0.717) is 48.3 Å². The quantitative estimate of drug-likeness (QED) is 0.336. The number of hydrogen-bond donors (Lipinski definition) is 1. The summed E-state index contributed by atoms with van der Waals surface area (Å²) >= 11 is 0. The fraction of sp³-hybridized carbons (Fsp3) is 0.355. The number of para-hydroxylation sites is 2. The van der Waals surface area contributed by atoms with Crippen molar-refractivity contribution in [1.29, 1.82) is 0 Å². The molecule has 3 aliphatic rings. The summed E-state index contributed by atoms with van der Waals surface area (Å²) in [5, 5.41) is 3.04. The van der Waals surface area contributed by atoms with Gasteiger partial charge < -0.3 is 24.4 Å². The van der Waals surface area contributed by atoms with E-state index in [-0.39, 0.29) is 22.6 Å². The number of pyridine rings is 1. The van der Waals surface area contributed by atoms with E-state index in [0.717, 1.165) is 37.9 Å². The minimum atomic E-state index is -0.558. The van der Waals surface area contributed by atoms with E-state index in [9.17, 15) is 9.59 Å². The zero-order valence-electron chi connectivity index (χ0n) is 22.8. The number of hydrogen-bond acceptors (Lipinski definition) is 7. The second kappa shape index (κ2) is 10.3. The third-order valence-corrected chi connectivity index (χ3v) is 8.69. The lowest BCUT2D eigenvalue weighted by Crippen LogP contribution is -2.34. The Morgan fingerprint density at radius 3 is 2.88 bits per heavy atom. The van der Waals surface area contributed by atoms with Gasteiger partial charge >= 0.3 is 0 Å². The average molecular weight is 555 g/mol. The molecule has 0 radical (unpaired) electrons. The molecule has 3 aliphatic heterocycles. The Morgan fingerprint density at radius 1 is 1.20 bits per heavy atom. The van der Waals surface area contributed by atoms with Gasteiger partial charge in [0.15, 0.2) is 17.3 Å². The molecule has 4 aromatic rings. The summed E-state index contributed by atoms with van der Waals surface area (Å²) in [4.78, 5) is 39.9. The van der Waals surface area contributed by atoms with E-state index >= 15 is 4.39 Å². The number of carbonyl (C=O) groups excluding carboxylic acids is 1. The van der Waals surface area contributed by atoms with Crippen molar-refractivity contribution in [2.75, 3.05) is 38.1 Å². The molecule has 9 nitrogen and oxygen atoms in total. The SMILES string of the molecule is CN1CCC[C@H]1CCNC(=O)c1cn2c3c(c(N4CCC(c5cnccn5)C4)c(F)cc3c1=O)Oc1ccccc1-2. The van der Waals surface area contributed by atoms with Gasteiger partial charge in [-0.1, -0.05) is 12.1 Å². The van der Waals surface area contributed by atoms with Crippen molar-refractivity contribution < 1.29 is 13.9 Å². The number of benzene rings is 2. The molecule has 7 rings (SSSR count). The molecule has 41 heavy (non-hydrogen) atoms. The standard InChI is InChI=1S/C31H31FN6O3/c1-36-13-4-5-20(36)8-10-35-31(40)22-18-38-25-6-2-3-7-26(25)41-30-27(38)21(29(22)39)15-23(32)28(30)37-14-9-19(17-37)24-16-33-11-12-34-24/h2-3,6-7,11-12,15-16,18-20H,4-5,8-10,13-14,17H2,1H3,(H,35,40)/t19?,20-/m0/s1. The molecule has 0 aliphatic carbocycles. The molecule has 2 saturated heterocycles. The Hall–Kier alpha value is -4.31. The van der Waals surface area contributed by atoms with Crippen LogP contribution in [0, 0.1) is 5.82 Å². The van der Waals surface area contributed by atoms with Gasteiger partial charge in [-0.2, -0.15) is 0 Å². The van der Waals surface area contributed by atoms with Crippen molar-refractivity contribution in [3.05, 3.63) is 82.4 Å². The molecule has 0 saturated carbocycles. The second-order valence-electron chi connectivity index (χ2n) is 11.1. The zero-order valence-corrected chi connectivity index (χ0v) is 22.8. The summed E-state index contributed by atoms with van der Waals surface area (Å²) in [6.45, 7) is 2.66. The lowest BCUT2D eigenvalue weighted by Gasteiger charge is -2.29. The van der Waals surface area contributed by atoms with Crippen molar-refractivity contribution >= 4 is 22.5 Å². The van der Waals surface area contributed by atoms with Gasteiger partial charge in [-0.3, -0.25) is 19.6 Å². The maximum atomic E-state index is 16.0. The fourth-order valence-corrected chi connectivity index (χ4v) is 6.53. The number of aromatic nitrogens is 3. The first-order chi connectivity index (χ1) is 20.0. The van der Waals surface area contributed by atoms with Gasteiger partial charge in [-0.25, -0.2) is 4.39 Å². The first-order valence-corrected chi connectivity index (χ1v) is 14.2. The van der Waals surface area contributed by atoms with Crippen LogP contribution < -0.4 is 20.4 Å². The number of likely N-dealkylation sites (tertiary alicyclic amines) is 1. The van der Waals surface area contributed by atoms with E-state index in [4.69, 9.17) is 4.74 Å². The number of ether oxygens (including phenoxy) is 1. The number of fused-ring (bicyclic) bond motifs is 2. The fourth-order valence-electron chi connectivity index (χ4n) is 6.53. The van der Waals surface area contributed by atoms with Gasteiger partial charge in [-0.05, 0) is 57.5 Å². The maximum absolute atomic E-state index is 16.0. The molecule has 0 spiro atoms. The average Bonchev–Trinajstić information content (AvgIpc) is 3.64. The highest BCUT2D eigenvalue weighted by Crippen LogP contribution is 2.47. The number of amides is 1. The van der Waals surface area contributed by atoms with Crippen LogP contribution in [0.5, 0.6) is 11.5 Å². The highest BCUT2D eigenvalue weighted by Gasteiger charge is 2.34. The highest BCUT2D eigenvalue weighted by atomic mass is 19.1. The molecule has 5 heterocycles. The smallest absolute Gasteiger partial charge is 0.256 e. The molecule has 0 bridgehead atoms. The van der Waals surface area contributed by atoms with Gasteiger partial charge in [0.25, 0.3) is 5.91 Å². The minimum absolute atomic E-state index is 0.0176. The number of halogens is 1. The van der Waals surface area contributed by atoms with Crippen LogP contribution in [0.15, 0.2) is 59.9 Å². The molecule has 2 fully saturated rings. The van der Waals surface area contributed by atoms with Crippen molar-refractivity contribution in [2.24, 2.45) is 0 Å². The summed E-state index contributed by atoms with van der Waals surface area (Å²) in [6, 6.07) is 9.06. The lowest BCUT2D eigenvalue weighted by atomic mass is 10.0. The summed E-state index contributed by atoms with van der Waals surface area (Å²) < 4.78 is 24.1. The minimum Gasteiger partial charge on any atom is -0.451 e. The van der Waals surface area contributed by atoms with Crippen LogP contribution in [0.3, 0.4) is 0 Å². The molecule has 2 atom stereocenters.